The SMILES string of the molecule is COc1ccc(CC(=O)N[C@@H](C)C(=O)Nc2nc3ccccc3[nH]2)c(Cl)c1. The fourth-order valence-electron chi connectivity index (χ4n) is 2.57. The molecule has 3 aromatic rings. The lowest BCUT2D eigenvalue weighted by Gasteiger charge is -2.13. The molecular formula is C19H19ClN4O3. The van der Waals surface area contributed by atoms with Gasteiger partial charge in [0, 0.05) is 5.02 Å². The van der Waals surface area contributed by atoms with Crippen LogP contribution in [0.5, 0.6) is 5.75 Å². The zero-order valence-corrected chi connectivity index (χ0v) is 15.6. The van der Waals surface area contributed by atoms with Crippen LogP contribution in [0.1, 0.15) is 12.5 Å². The number of benzene rings is 2. The Bertz CT molecular complexity index is 953. The number of aromatic nitrogens is 2. The Labute approximate surface area is 161 Å². The summed E-state index contributed by atoms with van der Waals surface area (Å²) < 4.78 is 5.08. The number of carbonyl (C=O) groups excluding carboxylic acids is 2. The fraction of sp³-hybridized carbons (Fsp3) is 0.211. The van der Waals surface area contributed by atoms with Crippen LogP contribution in [0.2, 0.25) is 5.02 Å². The lowest BCUT2D eigenvalue weighted by Crippen LogP contribution is -2.42. The molecule has 1 atom stereocenters. The number of amides is 2. The van der Waals surface area contributed by atoms with E-state index in [1.54, 1.807) is 32.2 Å². The molecule has 27 heavy (non-hydrogen) atoms. The van der Waals surface area contributed by atoms with Gasteiger partial charge < -0.3 is 15.0 Å². The first-order chi connectivity index (χ1) is 13.0. The summed E-state index contributed by atoms with van der Waals surface area (Å²) in [5, 5.41) is 5.75. The van der Waals surface area contributed by atoms with Crippen LogP contribution in [-0.2, 0) is 16.0 Å². The summed E-state index contributed by atoms with van der Waals surface area (Å²) in [5.74, 6) is 0.265. The molecule has 0 saturated heterocycles. The van der Waals surface area contributed by atoms with Gasteiger partial charge in [0.1, 0.15) is 11.8 Å². The van der Waals surface area contributed by atoms with Crippen molar-refractivity contribution in [2.45, 2.75) is 19.4 Å². The van der Waals surface area contributed by atoms with E-state index in [1.165, 1.54) is 0 Å². The molecule has 0 saturated carbocycles. The molecule has 8 heteroatoms. The predicted octanol–water partition coefficient (Wildman–Crippen LogP) is 2.91. The fourth-order valence-corrected chi connectivity index (χ4v) is 2.80. The van der Waals surface area contributed by atoms with Gasteiger partial charge in [0.05, 0.1) is 24.6 Å². The summed E-state index contributed by atoms with van der Waals surface area (Å²) >= 11 is 6.15. The van der Waals surface area contributed by atoms with E-state index in [-0.39, 0.29) is 18.2 Å². The smallest absolute Gasteiger partial charge is 0.248 e. The molecule has 7 nitrogen and oxygen atoms in total. The number of carbonyl (C=O) groups is 2. The van der Waals surface area contributed by atoms with Gasteiger partial charge in [-0.05, 0) is 36.8 Å². The summed E-state index contributed by atoms with van der Waals surface area (Å²) in [7, 11) is 1.54. The Morgan fingerprint density at radius 2 is 2.04 bits per heavy atom. The molecule has 0 aliphatic heterocycles. The van der Waals surface area contributed by atoms with Gasteiger partial charge in [-0.25, -0.2) is 4.98 Å². The maximum absolute atomic E-state index is 12.3. The third kappa shape index (κ3) is 4.57. The number of halogens is 1. The van der Waals surface area contributed by atoms with E-state index >= 15 is 0 Å². The number of para-hydroxylation sites is 2. The van der Waals surface area contributed by atoms with Crippen molar-refractivity contribution in [1.82, 2.24) is 15.3 Å². The lowest BCUT2D eigenvalue weighted by atomic mass is 10.1. The topological polar surface area (TPSA) is 96.1 Å². The highest BCUT2D eigenvalue weighted by molar-refractivity contribution is 6.31. The Balaban J connectivity index is 1.58. The summed E-state index contributed by atoms with van der Waals surface area (Å²) in [6.07, 6.45) is 0.0606. The minimum atomic E-state index is -0.734. The van der Waals surface area contributed by atoms with Crippen molar-refractivity contribution < 1.29 is 14.3 Å². The molecule has 2 amide bonds. The number of imidazole rings is 1. The minimum Gasteiger partial charge on any atom is -0.497 e. The molecule has 0 aliphatic rings. The Morgan fingerprint density at radius 3 is 2.74 bits per heavy atom. The van der Waals surface area contributed by atoms with E-state index in [0.29, 0.717) is 22.3 Å². The zero-order chi connectivity index (χ0) is 19.4. The molecule has 0 bridgehead atoms. The van der Waals surface area contributed by atoms with E-state index < -0.39 is 6.04 Å². The first kappa shape index (κ1) is 18.7. The standard InChI is InChI=1S/C19H19ClN4O3/c1-11(18(26)24-19-22-15-5-3-4-6-16(15)23-19)21-17(25)9-12-7-8-13(27-2)10-14(12)20/h3-8,10-11H,9H2,1-2H3,(H,21,25)(H2,22,23,24,26)/t11-/m0/s1. The number of H-pyrrole nitrogens is 1. The van der Waals surface area contributed by atoms with Crippen LogP contribution < -0.4 is 15.4 Å². The first-order valence-electron chi connectivity index (χ1n) is 8.33. The average Bonchev–Trinajstić information content (AvgIpc) is 3.05. The molecular weight excluding hydrogens is 368 g/mol. The monoisotopic (exact) mass is 386 g/mol. The molecule has 0 unspecified atom stereocenters. The van der Waals surface area contributed by atoms with Gasteiger partial charge in [-0.2, -0.15) is 0 Å². The molecule has 2 aromatic carbocycles. The first-order valence-corrected chi connectivity index (χ1v) is 8.71. The maximum Gasteiger partial charge on any atom is 0.248 e. The maximum atomic E-state index is 12.3. The van der Waals surface area contributed by atoms with Crippen molar-refractivity contribution in [2.75, 3.05) is 12.4 Å². The molecule has 1 heterocycles. The highest BCUT2D eigenvalue weighted by Gasteiger charge is 2.18. The largest absolute Gasteiger partial charge is 0.497 e. The van der Waals surface area contributed by atoms with Crippen LogP contribution in [0.25, 0.3) is 11.0 Å². The van der Waals surface area contributed by atoms with Crippen LogP contribution in [0.3, 0.4) is 0 Å². The normalized spacial score (nSPS) is 11.8. The van der Waals surface area contributed by atoms with Crippen molar-refractivity contribution in [3.8, 4) is 5.75 Å². The summed E-state index contributed by atoms with van der Waals surface area (Å²) in [6, 6.07) is 11.8. The molecule has 0 fully saturated rings. The van der Waals surface area contributed by atoms with E-state index in [1.807, 2.05) is 24.3 Å². The number of rotatable bonds is 6. The Hall–Kier alpha value is -3.06. The number of ether oxygens (including phenoxy) is 1. The number of methoxy groups -OCH3 is 1. The zero-order valence-electron chi connectivity index (χ0n) is 14.9. The van der Waals surface area contributed by atoms with Gasteiger partial charge in [-0.1, -0.05) is 29.8 Å². The second-order valence-electron chi connectivity index (χ2n) is 6.02. The van der Waals surface area contributed by atoms with E-state index in [4.69, 9.17) is 16.3 Å². The van der Waals surface area contributed by atoms with Crippen LogP contribution >= 0.6 is 11.6 Å². The van der Waals surface area contributed by atoms with Crippen LogP contribution in [0.4, 0.5) is 5.95 Å². The number of aromatic amines is 1. The number of anilines is 1. The predicted molar refractivity (Wildman–Crippen MR) is 104 cm³/mol. The van der Waals surface area contributed by atoms with Gasteiger partial charge in [0.25, 0.3) is 0 Å². The summed E-state index contributed by atoms with van der Waals surface area (Å²) in [4.78, 5) is 31.8. The molecule has 0 radical (unpaired) electrons. The average molecular weight is 387 g/mol. The molecule has 0 spiro atoms. The number of fused-ring (bicyclic) bond motifs is 1. The van der Waals surface area contributed by atoms with Gasteiger partial charge >= 0.3 is 0 Å². The Morgan fingerprint density at radius 1 is 1.26 bits per heavy atom. The minimum absolute atomic E-state index is 0.0606. The second-order valence-corrected chi connectivity index (χ2v) is 6.42. The van der Waals surface area contributed by atoms with Crippen LogP contribution in [-0.4, -0.2) is 34.9 Å². The highest BCUT2D eigenvalue weighted by atomic mass is 35.5. The highest BCUT2D eigenvalue weighted by Crippen LogP contribution is 2.22. The number of nitrogens with one attached hydrogen (secondary N) is 3. The van der Waals surface area contributed by atoms with Crippen LogP contribution in [0.15, 0.2) is 42.5 Å². The second kappa shape index (κ2) is 8.09. The van der Waals surface area contributed by atoms with Gasteiger partial charge in [0.2, 0.25) is 17.8 Å². The molecule has 1 aromatic heterocycles. The van der Waals surface area contributed by atoms with Gasteiger partial charge in [0.15, 0.2) is 0 Å². The number of hydrogen-bond acceptors (Lipinski definition) is 4. The summed E-state index contributed by atoms with van der Waals surface area (Å²) in [6.45, 7) is 1.60. The third-order valence-electron chi connectivity index (χ3n) is 4.01. The summed E-state index contributed by atoms with van der Waals surface area (Å²) in [5.41, 5.74) is 2.22. The third-order valence-corrected chi connectivity index (χ3v) is 4.36. The molecule has 0 aliphatic carbocycles. The molecule has 3 rings (SSSR count). The quantitative estimate of drug-likeness (QED) is 0.607. The lowest BCUT2D eigenvalue weighted by molar-refractivity contribution is -0.125. The Kier molecular flexibility index (Phi) is 5.61. The van der Waals surface area contributed by atoms with Crippen LogP contribution in [0, 0.1) is 0 Å². The van der Waals surface area contributed by atoms with Crippen molar-refractivity contribution in [3.63, 3.8) is 0 Å². The van der Waals surface area contributed by atoms with E-state index in [0.717, 1.165) is 11.0 Å². The van der Waals surface area contributed by atoms with Crippen molar-refractivity contribution >= 4 is 40.4 Å². The van der Waals surface area contributed by atoms with Crippen molar-refractivity contribution in [2.24, 2.45) is 0 Å². The van der Waals surface area contributed by atoms with E-state index in [2.05, 4.69) is 20.6 Å². The van der Waals surface area contributed by atoms with Gasteiger partial charge in [-0.3, -0.25) is 14.9 Å². The van der Waals surface area contributed by atoms with E-state index in [9.17, 15) is 9.59 Å². The molecule has 3 N–H and O–H groups in total. The van der Waals surface area contributed by atoms with Gasteiger partial charge in [-0.15, -0.1) is 0 Å². The van der Waals surface area contributed by atoms with Crippen molar-refractivity contribution in [3.05, 3.63) is 53.1 Å². The number of nitrogens with zero attached hydrogens (tertiary/aromatic N) is 1. The number of hydrogen-bond donors (Lipinski definition) is 3. The molecule has 140 valence electrons. The van der Waals surface area contributed by atoms with Crippen molar-refractivity contribution in [1.29, 1.82) is 0 Å².